The first-order valence-electron chi connectivity index (χ1n) is 8.05. The van der Waals surface area contributed by atoms with Crippen LogP contribution in [0.4, 0.5) is 4.79 Å². The zero-order valence-corrected chi connectivity index (χ0v) is 15.8. The number of urea groups is 1. The topological polar surface area (TPSA) is 127 Å². The van der Waals surface area contributed by atoms with Gasteiger partial charge in [0, 0.05) is 19.6 Å². The molecule has 11 heteroatoms. The minimum Gasteiger partial charge on any atom is -0.336 e. The van der Waals surface area contributed by atoms with Gasteiger partial charge in [-0.15, -0.1) is 0 Å². The van der Waals surface area contributed by atoms with Crippen molar-refractivity contribution in [1.82, 2.24) is 19.8 Å². The number of thioether (sulfide) groups is 1. The number of primary sulfonamides is 1. The lowest BCUT2D eigenvalue weighted by molar-refractivity contribution is -0.124. The van der Waals surface area contributed by atoms with Gasteiger partial charge >= 0.3 is 6.03 Å². The Labute approximate surface area is 155 Å². The predicted octanol–water partition coefficient (Wildman–Crippen LogP) is 0.738. The second-order valence-corrected chi connectivity index (χ2v) is 8.31. The highest BCUT2D eigenvalue weighted by Crippen LogP contribution is 2.26. The SMILES string of the molecule is CCCn1c(SCC(=O)N2CCNC2=O)nc2cc(S(N)(=O)=O)ccc21. The van der Waals surface area contributed by atoms with Crippen molar-refractivity contribution in [2.75, 3.05) is 18.8 Å². The van der Waals surface area contributed by atoms with Crippen LogP contribution in [-0.4, -0.2) is 53.6 Å². The Balaban J connectivity index is 1.87. The van der Waals surface area contributed by atoms with Gasteiger partial charge in [0.15, 0.2) is 5.16 Å². The number of amides is 3. The van der Waals surface area contributed by atoms with Crippen LogP contribution in [0.25, 0.3) is 11.0 Å². The number of carbonyl (C=O) groups is 2. The van der Waals surface area contributed by atoms with Gasteiger partial charge in [0.25, 0.3) is 0 Å². The third-order valence-electron chi connectivity index (χ3n) is 3.94. The average Bonchev–Trinajstić information content (AvgIpc) is 3.15. The Morgan fingerprint density at radius 3 is 2.81 bits per heavy atom. The molecule has 0 aliphatic carbocycles. The molecule has 140 valence electrons. The molecule has 0 unspecified atom stereocenters. The molecule has 1 aromatic heterocycles. The lowest BCUT2D eigenvalue weighted by Crippen LogP contribution is -2.35. The minimum absolute atomic E-state index is 0.00693. The molecule has 1 aliphatic rings. The number of nitrogens with zero attached hydrogens (tertiary/aromatic N) is 3. The molecular formula is C15H19N5O4S2. The Bertz CT molecular complexity index is 970. The summed E-state index contributed by atoms with van der Waals surface area (Å²) in [5.41, 5.74) is 1.27. The van der Waals surface area contributed by atoms with Gasteiger partial charge in [-0.3, -0.25) is 9.69 Å². The summed E-state index contributed by atoms with van der Waals surface area (Å²) >= 11 is 1.22. The van der Waals surface area contributed by atoms with E-state index in [1.807, 2.05) is 11.5 Å². The van der Waals surface area contributed by atoms with Crippen LogP contribution in [0.15, 0.2) is 28.3 Å². The molecule has 0 saturated carbocycles. The molecule has 1 aromatic carbocycles. The first-order chi connectivity index (χ1) is 12.3. The summed E-state index contributed by atoms with van der Waals surface area (Å²) in [4.78, 5) is 29.4. The van der Waals surface area contributed by atoms with Gasteiger partial charge in [-0.05, 0) is 24.6 Å². The molecule has 0 radical (unpaired) electrons. The zero-order valence-electron chi connectivity index (χ0n) is 14.1. The van der Waals surface area contributed by atoms with Gasteiger partial charge in [-0.25, -0.2) is 23.3 Å². The van der Waals surface area contributed by atoms with E-state index in [-0.39, 0.29) is 22.6 Å². The highest BCUT2D eigenvalue weighted by molar-refractivity contribution is 7.99. The second-order valence-electron chi connectivity index (χ2n) is 5.81. The molecule has 26 heavy (non-hydrogen) atoms. The molecule has 2 aromatic rings. The number of hydrogen-bond acceptors (Lipinski definition) is 6. The number of fused-ring (bicyclic) bond motifs is 1. The number of sulfonamides is 1. The van der Waals surface area contributed by atoms with Crippen molar-refractivity contribution in [3.63, 3.8) is 0 Å². The van der Waals surface area contributed by atoms with Crippen molar-refractivity contribution in [3.05, 3.63) is 18.2 Å². The van der Waals surface area contributed by atoms with E-state index < -0.39 is 10.0 Å². The number of nitrogens with one attached hydrogen (secondary N) is 1. The van der Waals surface area contributed by atoms with Gasteiger partial charge in [0.1, 0.15) is 0 Å². The quantitative estimate of drug-likeness (QED) is 0.692. The first-order valence-corrected chi connectivity index (χ1v) is 10.6. The van der Waals surface area contributed by atoms with Crippen molar-refractivity contribution < 1.29 is 18.0 Å². The molecule has 3 N–H and O–H groups in total. The third-order valence-corrected chi connectivity index (χ3v) is 5.82. The largest absolute Gasteiger partial charge is 0.336 e. The Morgan fingerprint density at radius 2 is 2.19 bits per heavy atom. The normalized spacial score (nSPS) is 14.8. The van der Waals surface area contributed by atoms with Crippen molar-refractivity contribution in [1.29, 1.82) is 0 Å². The van der Waals surface area contributed by atoms with Gasteiger partial charge in [0.2, 0.25) is 15.9 Å². The van der Waals surface area contributed by atoms with Crippen LogP contribution in [0.2, 0.25) is 0 Å². The minimum atomic E-state index is -3.81. The highest BCUT2D eigenvalue weighted by Gasteiger charge is 2.26. The summed E-state index contributed by atoms with van der Waals surface area (Å²) in [5.74, 6) is -0.215. The molecule has 3 amide bonds. The maximum Gasteiger partial charge on any atom is 0.324 e. The number of imidazole rings is 1. The number of aryl methyl sites for hydroxylation is 1. The van der Waals surface area contributed by atoms with E-state index in [0.717, 1.165) is 11.9 Å². The van der Waals surface area contributed by atoms with Crippen LogP contribution >= 0.6 is 11.8 Å². The van der Waals surface area contributed by atoms with Crippen LogP contribution < -0.4 is 10.5 Å². The molecule has 1 saturated heterocycles. The van der Waals surface area contributed by atoms with Gasteiger partial charge in [-0.2, -0.15) is 0 Å². The number of rotatable bonds is 6. The van der Waals surface area contributed by atoms with E-state index in [1.165, 1.54) is 28.8 Å². The Hall–Kier alpha value is -2.11. The van der Waals surface area contributed by atoms with E-state index in [2.05, 4.69) is 10.3 Å². The van der Waals surface area contributed by atoms with Gasteiger partial charge in [0.05, 0.1) is 21.7 Å². The molecule has 0 spiro atoms. The number of nitrogens with two attached hydrogens (primary N) is 1. The summed E-state index contributed by atoms with van der Waals surface area (Å²) in [6.45, 7) is 3.51. The van der Waals surface area contributed by atoms with E-state index in [1.54, 1.807) is 6.07 Å². The molecule has 0 bridgehead atoms. The highest BCUT2D eigenvalue weighted by atomic mass is 32.2. The molecular weight excluding hydrogens is 378 g/mol. The Kier molecular flexibility index (Phi) is 5.21. The van der Waals surface area contributed by atoms with E-state index in [0.29, 0.717) is 30.3 Å². The summed E-state index contributed by atoms with van der Waals surface area (Å²) in [6, 6.07) is 4.16. The number of imide groups is 1. The average molecular weight is 397 g/mol. The molecule has 3 rings (SSSR count). The van der Waals surface area contributed by atoms with E-state index in [9.17, 15) is 18.0 Å². The monoisotopic (exact) mass is 397 g/mol. The molecule has 0 atom stereocenters. The Morgan fingerprint density at radius 1 is 1.42 bits per heavy atom. The standard InChI is InChI=1S/C15H19N5O4S2/c1-2-6-19-12-4-3-10(26(16,23)24)8-11(12)18-15(19)25-9-13(21)20-7-5-17-14(20)22/h3-4,8H,2,5-7,9H2,1H3,(H,17,22)(H2,16,23,24). The number of hydrogen-bond donors (Lipinski definition) is 2. The van der Waals surface area contributed by atoms with Crippen LogP contribution in [0.3, 0.4) is 0 Å². The van der Waals surface area contributed by atoms with Gasteiger partial charge in [-0.1, -0.05) is 18.7 Å². The second kappa shape index (κ2) is 7.25. The summed E-state index contributed by atoms with van der Waals surface area (Å²) in [5, 5.41) is 8.37. The predicted molar refractivity (Wildman–Crippen MR) is 97.2 cm³/mol. The number of aromatic nitrogens is 2. The third kappa shape index (κ3) is 3.69. The number of carbonyl (C=O) groups excluding carboxylic acids is 2. The maximum atomic E-state index is 12.2. The van der Waals surface area contributed by atoms with E-state index in [4.69, 9.17) is 5.14 Å². The fourth-order valence-corrected chi connectivity index (χ4v) is 4.18. The fraction of sp³-hybridized carbons (Fsp3) is 0.400. The first kappa shape index (κ1) is 18.7. The van der Waals surface area contributed by atoms with Crippen molar-refractivity contribution in [2.45, 2.75) is 29.9 Å². The van der Waals surface area contributed by atoms with Crippen molar-refractivity contribution in [3.8, 4) is 0 Å². The van der Waals surface area contributed by atoms with Gasteiger partial charge < -0.3 is 9.88 Å². The van der Waals surface area contributed by atoms with Crippen LogP contribution in [0.5, 0.6) is 0 Å². The van der Waals surface area contributed by atoms with Crippen molar-refractivity contribution >= 4 is 44.8 Å². The molecule has 9 nitrogen and oxygen atoms in total. The van der Waals surface area contributed by atoms with Crippen LogP contribution in [0.1, 0.15) is 13.3 Å². The summed E-state index contributed by atoms with van der Waals surface area (Å²) in [7, 11) is -3.81. The maximum absolute atomic E-state index is 12.2. The molecule has 2 heterocycles. The smallest absolute Gasteiger partial charge is 0.324 e. The summed E-state index contributed by atoms with van der Waals surface area (Å²) < 4.78 is 25.0. The number of benzene rings is 1. The van der Waals surface area contributed by atoms with Crippen LogP contribution in [0, 0.1) is 0 Å². The fourth-order valence-electron chi connectivity index (χ4n) is 2.73. The van der Waals surface area contributed by atoms with Crippen molar-refractivity contribution in [2.24, 2.45) is 5.14 Å². The molecule has 1 fully saturated rings. The van der Waals surface area contributed by atoms with Crippen LogP contribution in [-0.2, 0) is 21.4 Å². The lowest BCUT2D eigenvalue weighted by atomic mass is 10.3. The summed E-state index contributed by atoms with van der Waals surface area (Å²) in [6.07, 6.45) is 0.846. The zero-order chi connectivity index (χ0) is 18.9. The van der Waals surface area contributed by atoms with E-state index >= 15 is 0 Å². The lowest BCUT2D eigenvalue weighted by Gasteiger charge is -2.12. The molecule has 1 aliphatic heterocycles.